The second kappa shape index (κ2) is 7.35. The van der Waals surface area contributed by atoms with Crippen LogP contribution in [0.5, 0.6) is 11.5 Å². The van der Waals surface area contributed by atoms with Gasteiger partial charge in [-0.2, -0.15) is 0 Å². The Balaban J connectivity index is 2.05. The number of carboxylic acid groups (broad SMARTS) is 1. The monoisotopic (exact) mass is 308 g/mol. The number of rotatable bonds is 6. The minimum Gasteiger partial charge on any atom is -0.497 e. The smallest absolute Gasteiger partial charge is 0.320 e. The first-order valence-corrected chi connectivity index (χ1v) is 7.50. The molecule has 1 aromatic carbocycles. The van der Waals surface area contributed by atoms with Crippen LogP contribution in [-0.4, -0.2) is 55.4 Å². The standard InChI is InChI=1S/C16H24N2O4/c1-11(16(19)20)18-6-4-5-12(10-18)17-13-7-14(21-2)9-15(8-13)22-3/h7-9,11-12,17H,4-6,10H2,1-3H3,(H,19,20). The topological polar surface area (TPSA) is 71.0 Å². The summed E-state index contributed by atoms with van der Waals surface area (Å²) in [6, 6.07) is 5.42. The highest BCUT2D eigenvalue weighted by Crippen LogP contribution is 2.27. The van der Waals surface area contributed by atoms with E-state index in [0.717, 1.165) is 36.6 Å². The molecule has 2 unspecified atom stereocenters. The summed E-state index contributed by atoms with van der Waals surface area (Å²) in [5.74, 6) is 0.686. The van der Waals surface area contributed by atoms with Gasteiger partial charge in [0.05, 0.1) is 14.2 Å². The number of nitrogens with one attached hydrogen (secondary N) is 1. The van der Waals surface area contributed by atoms with Gasteiger partial charge in [-0.1, -0.05) is 0 Å². The number of hydrogen-bond donors (Lipinski definition) is 2. The molecule has 0 amide bonds. The lowest BCUT2D eigenvalue weighted by molar-refractivity contribution is -0.143. The van der Waals surface area contributed by atoms with Crippen LogP contribution in [0.3, 0.4) is 0 Å². The Labute approximate surface area is 131 Å². The predicted molar refractivity (Wildman–Crippen MR) is 84.9 cm³/mol. The lowest BCUT2D eigenvalue weighted by Gasteiger charge is -2.35. The van der Waals surface area contributed by atoms with Gasteiger partial charge in [0.15, 0.2) is 0 Å². The number of carboxylic acids is 1. The third-order valence-electron chi connectivity index (χ3n) is 4.08. The second-order valence-corrected chi connectivity index (χ2v) is 5.59. The molecular formula is C16H24N2O4. The summed E-state index contributed by atoms with van der Waals surface area (Å²) in [7, 11) is 3.24. The molecule has 1 heterocycles. The molecule has 1 saturated heterocycles. The van der Waals surface area contributed by atoms with Crippen LogP contribution in [0.25, 0.3) is 0 Å². The molecule has 0 aliphatic carbocycles. The first kappa shape index (κ1) is 16.4. The molecule has 2 rings (SSSR count). The van der Waals surface area contributed by atoms with Gasteiger partial charge in [0.2, 0.25) is 0 Å². The zero-order chi connectivity index (χ0) is 16.1. The number of methoxy groups -OCH3 is 2. The number of ether oxygens (including phenoxy) is 2. The molecule has 2 N–H and O–H groups in total. The number of aliphatic carboxylic acids is 1. The molecule has 0 aromatic heterocycles. The Bertz CT molecular complexity index is 499. The Hall–Kier alpha value is -1.95. The highest BCUT2D eigenvalue weighted by molar-refractivity contribution is 5.72. The van der Waals surface area contributed by atoms with Crippen molar-refractivity contribution in [2.75, 3.05) is 32.6 Å². The van der Waals surface area contributed by atoms with Crippen molar-refractivity contribution in [2.24, 2.45) is 0 Å². The highest BCUT2D eigenvalue weighted by atomic mass is 16.5. The van der Waals surface area contributed by atoms with Gasteiger partial charge in [-0.15, -0.1) is 0 Å². The van der Waals surface area contributed by atoms with Gasteiger partial charge >= 0.3 is 5.97 Å². The van der Waals surface area contributed by atoms with Crippen molar-refractivity contribution < 1.29 is 19.4 Å². The molecule has 0 spiro atoms. The summed E-state index contributed by atoms with van der Waals surface area (Å²) in [4.78, 5) is 13.1. The molecule has 1 aromatic rings. The molecule has 1 fully saturated rings. The molecule has 6 heteroatoms. The van der Waals surface area contributed by atoms with Crippen LogP contribution in [0.15, 0.2) is 18.2 Å². The number of carbonyl (C=O) groups is 1. The van der Waals surface area contributed by atoms with Gasteiger partial charge in [-0.25, -0.2) is 0 Å². The van der Waals surface area contributed by atoms with Crippen molar-refractivity contribution in [3.8, 4) is 11.5 Å². The van der Waals surface area contributed by atoms with E-state index in [1.54, 1.807) is 21.1 Å². The Morgan fingerprint density at radius 2 is 1.95 bits per heavy atom. The third kappa shape index (κ3) is 4.04. The van der Waals surface area contributed by atoms with Gasteiger partial charge < -0.3 is 19.9 Å². The van der Waals surface area contributed by atoms with Gasteiger partial charge in [0.25, 0.3) is 0 Å². The van der Waals surface area contributed by atoms with Gasteiger partial charge in [0.1, 0.15) is 17.5 Å². The zero-order valence-corrected chi connectivity index (χ0v) is 13.3. The van der Waals surface area contributed by atoms with Crippen LogP contribution in [0.1, 0.15) is 19.8 Å². The maximum atomic E-state index is 11.1. The van der Waals surface area contributed by atoms with Crippen molar-refractivity contribution >= 4 is 11.7 Å². The van der Waals surface area contributed by atoms with Crippen LogP contribution >= 0.6 is 0 Å². The SMILES string of the molecule is COc1cc(NC2CCCN(C(C)C(=O)O)C2)cc(OC)c1. The molecule has 1 aliphatic rings. The summed E-state index contributed by atoms with van der Waals surface area (Å²) in [5, 5.41) is 12.6. The lowest BCUT2D eigenvalue weighted by atomic mass is 10.0. The minimum absolute atomic E-state index is 0.215. The van der Waals surface area contributed by atoms with Gasteiger partial charge in [-0.3, -0.25) is 9.69 Å². The fourth-order valence-electron chi connectivity index (χ4n) is 2.76. The molecule has 22 heavy (non-hydrogen) atoms. The van der Waals surface area contributed by atoms with E-state index in [-0.39, 0.29) is 6.04 Å². The third-order valence-corrected chi connectivity index (χ3v) is 4.08. The van der Waals surface area contributed by atoms with E-state index in [9.17, 15) is 4.79 Å². The highest BCUT2D eigenvalue weighted by Gasteiger charge is 2.27. The van der Waals surface area contributed by atoms with E-state index in [1.807, 2.05) is 23.1 Å². The number of likely N-dealkylation sites (tertiary alicyclic amines) is 1. The predicted octanol–water partition coefficient (Wildman–Crippen LogP) is 2.05. The van der Waals surface area contributed by atoms with Crippen LogP contribution in [0.2, 0.25) is 0 Å². The Morgan fingerprint density at radius 1 is 1.32 bits per heavy atom. The average Bonchev–Trinajstić information content (AvgIpc) is 2.53. The number of anilines is 1. The molecule has 6 nitrogen and oxygen atoms in total. The minimum atomic E-state index is -0.774. The normalized spacial score (nSPS) is 20.2. The summed E-state index contributed by atoms with van der Waals surface area (Å²) < 4.78 is 10.5. The first-order chi connectivity index (χ1) is 10.5. The van der Waals surface area contributed by atoms with Gasteiger partial charge in [0, 0.05) is 36.5 Å². The van der Waals surface area contributed by atoms with Crippen LogP contribution in [0, 0.1) is 0 Å². The van der Waals surface area contributed by atoms with Crippen molar-refractivity contribution in [2.45, 2.75) is 31.8 Å². The largest absolute Gasteiger partial charge is 0.497 e. The van der Waals surface area contributed by atoms with Crippen molar-refractivity contribution in [1.29, 1.82) is 0 Å². The fourth-order valence-corrected chi connectivity index (χ4v) is 2.76. The Kier molecular flexibility index (Phi) is 5.49. The number of hydrogen-bond acceptors (Lipinski definition) is 5. The van der Waals surface area contributed by atoms with Crippen molar-refractivity contribution in [1.82, 2.24) is 4.90 Å². The quantitative estimate of drug-likeness (QED) is 0.838. The van der Waals surface area contributed by atoms with E-state index in [4.69, 9.17) is 14.6 Å². The summed E-state index contributed by atoms with van der Waals surface area (Å²) in [5.41, 5.74) is 0.922. The van der Waals surface area contributed by atoms with Crippen LogP contribution in [-0.2, 0) is 4.79 Å². The summed E-state index contributed by atoms with van der Waals surface area (Å²) in [6.07, 6.45) is 2.00. The van der Waals surface area contributed by atoms with Crippen LogP contribution in [0.4, 0.5) is 5.69 Å². The second-order valence-electron chi connectivity index (χ2n) is 5.59. The van der Waals surface area contributed by atoms with E-state index in [0.29, 0.717) is 6.54 Å². The van der Waals surface area contributed by atoms with Crippen molar-refractivity contribution in [3.05, 3.63) is 18.2 Å². The zero-order valence-electron chi connectivity index (χ0n) is 13.3. The number of nitrogens with zero attached hydrogens (tertiary/aromatic N) is 1. The number of piperidine rings is 1. The maximum absolute atomic E-state index is 11.1. The van der Waals surface area contributed by atoms with Crippen LogP contribution < -0.4 is 14.8 Å². The first-order valence-electron chi connectivity index (χ1n) is 7.50. The maximum Gasteiger partial charge on any atom is 0.320 e. The molecule has 2 atom stereocenters. The van der Waals surface area contributed by atoms with E-state index >= 15 is 0 Å². The summed E-state index contributed by atoms with van der Waals surface area (Å²) >= 11 is 0. The van der Waals surface area contributed by atoms with E-state index < -0.39 is 12.0 Å². The molecular weight excluding hydrogens is 284 g/mol. The van der Waals surface area contributed by atoms with E-state index in [1.165, 1.54) is 0 Å². The fraction of sp³-hybridized carbons (Fsp3) is 0.562. The molecule has 1 aliphatic heterocycles. The average molecular weight is 308 g/mol. The molecule has 0 bridgehead atoms. The molecule has 0 radical (unpaired) electrons. The van der Waals surface area contributed by atoms with Gasteiger partial charge in [-0.05, 0) is 26.3 Å². The van der Waals surface area contributed by atoms with Crippen molar-refractivity contribution in [3.63, 3.8) is 0 Å². The van der Waals surface area contributed by atoms with E-state index in [2.05, 4.69) is 5.32 Å². The summed E-state index contributed by atoms with van der Waals surface area (Å²) in [6.45, 7) is 3.28. The molecule has 122 valence electrons. The molecule has 0 saturated carbocycles. The lowest BCUT2D eigenvalue weighted by Crippen LogP contribution is -2.48. The number of benzene rings is 1. The Morgan fingerprint density at radius 3 is 2.50 bits per heavy atom.